The van der Waals surface area contributed by atoms with Crippen LogP contribution in [0.3, 0.4) is 0 Å². The van der Waals surface area contributed by atoms with Crippen molar-refractivity contribution in [1.82, 2.24) is 39.5 Å². The van der Waals surface area contributed by atoms with Crippen LogP contribution in [-0.2, 0) is 13.6 Å². The van der Waals surface area contributed by atoms with Crippen LogP contribution >= 0.6 is 11.6 Å². The lowest BCUT2D eigenvalue weighted by Gasteiger charge is -2.05. The van der Waals surface area contributed by atoms with Gasteiger partial charge in [0.05, 0.1) is 5.69 Å². The molecule has 0 saturated carbocycles. The number of nitrogens with one attached hydrogen (secondary N) is 1. The molecule has 0 saturated heterocycles. The molecule has 21 heavy (non-hydrogen) atoms. The Balaban J connectivity index is 1.81. The molecule has 10 heteroatoms. The highest BCUT2D eigenvalue weighted by Crippen LogP contribution is 2.11. The van der Waals surface area contributed by atoms with Crippen LogP contribution in [0, 0.1) is 6.92 Å². The fraction of sp³-hybridized carbons (Fsp3) is 0.273. The summed E-state index contributed by atoms with van der Waals surface area (Å²) < 4.78 is 3.17. The molecule has 0 amide bonds. The average Bonchev–Trinajstić information content (AvgIpc) is 3.06. The molecule has 0 aromatic carbocycles. The summed E-state index contributed by atoms with van der Waals surface area (Å²) >= 11 is 5.90. The topological polar surface area (TPSA) is 99.2 Å². The van der Waals surface area contributed by atoms with Gasteiger partial charge >= 0.3 is 0 Å². The van der Waals surface area contributed by atoms with Crippen molar-refractivity contribution in [2.45, 2.75) is 13.5 Å². The van der Waals surface area contributed by atoms with Crippen LogP contribution < -0.4 is 5.32 Å². The Labute approximate surface area is 125 Å². The maximum Gasteiger partial charge on any atom is 0.258 e. The van der Waals surface area contributed by atoms with Gasteiger partial charge in [-0.25, -0.2) is 4.98 Å². The van der Waals surface area contributed by atoms with E-state index in [4.69, 9.17) is 11.6 Å². The van der Waals surface area contributed by atoms with E-state index in [2.05, 4.69) is 35.5 Å². The number of aryl methyl sites for hydroxylation is 2. The lowest BCUT2D eigenvalue weighted by molar-refractivity contribution is 0.756. The van der Waals surface area contributed by atoms with Gasteiger partial charge in [-0.05, 0) is 18.5 Å². The Morgan fingerprint density at radius 2 is 2.14 bits per heavy atom. The molecule has 3 aromatic rings. The van der Waals surface area contributed by atoms with Crippen LogP contribution in [-0.4, -0.2) is 39.5 Å². The predicted octanol–water partition coefficient (Wildman–Crippen LogP) is 0.760. The zero-order chi connectivity index (χ0) is 14.8. The van der Waals surface area contributed by atoms with Gasteiger partial charge in [-0.3, -0.25) is 4.68 Å². The first-order valence-electron chi connectivity index (χ1n) is 6.11. The van der Waals surface area contributed by atoms with Crippen molar-refractivity contribution in [3.63, 3.8) is 0 Å². The van der Waals surface area contributed by atoms with Gasteiger partial charge in [0.2, 0.25) is 11.2 Å². The second-order valence-electron chi connectivity index (χ2n) is 4.34. The van der Waals surface area contributed by atoms with Gasteiger partial charge in [0, 0.05) is 25.4 Å². The van der Waals surface area contributed by atoms with Gasteiger partial charge in [-0.2, -0.15) is 29.8 Å². The van der Waals surface area contributed by atoms with Gasteiger partial charge in [-0.1, -0.05) is 0 Å². The molecule has 3 heterocycles. The van der Waals surface area contributed by atoms with Crippen LogP contribution in [0.15, 0.2) is 18.9 Å². The molecular weight excluding hydrogens is 294 g/mol. The Morgan fingerprint density at radius 1 is 1.29 bits per heavy atom. The van der Waals surface area contributed by atoms with Crippen LogP contribution in [0.4, 0.5) is 5.95 Å². The van der Waals surface area contributed by atoms with Gasteiger partial charge in [0.25, 0.3) is 5.95 Å². The molecule has 0 atom stereocenters. The average molecular weight is 306 g/mol. The van der Waals surface area contributed by atoms with Gasteiger partial charge in [0.1, 0.15) is 12.7 Å². The summed E-state index contributed by atoms with van der Waals surface area (Å²) in [6, 6.07) is 0. The van der Waals surface area contributed by atoms with E-state index in [1.807, 2.05) is 20.2 Å². The van der Waals surface area contributed by atoms with E-state index < -0.39 is 0 Å². The summed E-state index contributed by atoms with van der Waals surface area (Å²) in [6.07, 6.45) is 4.81. The number of aromatic nitrogens is 8. The molecule has 9 nitrogen and oxygen atoms in total. The van der Waals surface area contributed by atoms with E-state index in [1.165, 1.54) is 17.3 Å². The largest absolute Gasteiger partial charge is 0.350 e. The van der Waals surface area contributed by atoms with Crippen molar-refractivity contribution in [2.24, 2.45) is 7.05 Å². The molecule has 0 spiro atoms. The molecular formula is C11H12ClN9. The summed E-state index contributed by atoms with van der Waals surface area (Å²) in [5.41, 5.74) is 2.00. The summed E-state index contributed by atoms with van der Waals surface area (Å²) in [6.45, 7) is 2.48. The molecule has 0 radical (unpaired) electrons. The standard InChI is InChI=1S/C11H12ClN9/c1-7-8(4-20(2)19-7)3-14-10-16-9(12)17-11(18-10)21-6-13-5-15-21/h4-6H,3H2,1-2H3,(H,14,16,17,18). The smallest absolute Gasteiger partial charge is 0.258 e. The van der Waals surface area contributed by atoms with Crippen molar-refractivity contribution in [2.75, 3.05) is 5.32 Å². The van der Waals surface area contributed by atoms with Gasteiger partial charge in [0.15, 0.2) is 0 Å². The number of nitrogens with zero attached hydrogens (tertiary/aromatic N) is 8. The molecule has 108 valence electrons. The normalized spacial score (nSPS) is 10.8. The third kappa shape index (κ3) is 2.97. The molecule has 3 rings (SSSR count). The maximum absolute atomic E-state index is 5.90. The van der Waals surface area contributed by atoms with Crippen LogP contribution in [0.5, 0.6) is 0 Å². The second-order valence-corrected chi connectivity index (χ2v) is 4.67. The summed E-state index contributed by atoms with van der Waals surface area (Å²) in [5.74, 6) is 0.668. The van der Waals surface area contributed by atoms with Crippen molar-refractivity contribution in [3.8, 4) is 5.95 Å². The van der Waals surface area contributed by atoms with Crippen molar-refractivity contribution in [1.29, 1.82) is 0 Å². The zero-order valence-electron chi connectivity index (χ0n) is 11.4. The highest BCUT2D eigenvalue weighted by atomic mass is 35.5. The van der Waals surface area contributed by atoms with E-state index >= 15 is 0 Å². The second kappa shape index (κ2) is 5.44. The first-order valence-corrected chi connectivity index (χ1v) is 6.49. The number of anilines is 1. The third-order valence-electron chi connectivity index (χ3n) is 2.77. The third-order valence-corrected chi connectivity index (χ3v) is 2.94. The van der Waals surface area contributed by atoms with E-state index in [-0.39, 0.29) is 5.28 Å². The van der Waals surface area contributed by atoms with Crippen molar-refractivity contribution in [3.05, 3.63) is 35.4 Å². The van der Waals surface area contributed by atoms with E-state index in [9.17, 15) is 0 Å². The lowest BCUT2D eigenvalue weighted by atomic mass is 10.3. The molecule has 0 aliphatic carbocycles. The number of halogens is 1. The molecule has 0 bridgehead atoms. The van der Waals surface area contributed by atoms with Crippen LogP contribution in [0.2, 0.25) is 5.28 Å². The fourth-order valence-electron chi connectivity index (χ4n) is 1.83. The zero-order valence-corrected chi connectivity index (χ0v) is 12.2. The molecule has 0 fully saturated rings. The minimum absolute atomic E-state index is 0.0842. The molecule has 0 aliphatic heterocycles. The number of rotatable bonds is 4. The van der Waals surface area contributed by atoms with Crippen LogP contribution in [0.25, 0.3) is 5.95 Å². The maximum atomic E-state index is 5.90. The van der Waals surface area contributed by atoms with Crippen LogP contribution in [0.1, 0.15) is 11.3 Å². The molecule has 1 N–H and O–H groups in total. The van der Waals surface area contributed by atoms with E-state index in [0.717, 1.165) is 11.3 Å². The predicted molar refractivity (Wildman–Crippen MR) is 75.0 cm³/mol. The summed E-state index contributed by atoms with van der Waals surface area (Å²) in [4.78, 5) is 16.1. The minimum atomic E-state index is 0.0842. The Bertz CT molecular complexity index is 749. The summed E-state index contributed by atoms with van der Waals surface area (Å²) in [5, 5.41) is 11.4. The van der Waals surface area contributed by atoms with Crippen molar-refractivity contribution >= 4 is 17.5 Å². The first-order chi connectivity index (χ1) is 10.1. The Morgan fingerprint density at radius 3 is 2.81 bits per heavy atom. The first kappa shape index (κ1) is 13.4. The Hall–Kier alpha value is -2.55. The van der Waals surface area contributed by atoms with E-state index in [0.29, 0.717) is 18.4 Å². The highest BCUT2D eigenvalue weighted by Gasteiger charge is 2.09. The monoisotopic (exact) mass is 305 g/mol. The molecule has 0 unspecified atom stereocenters. The molecule has 0 aliphatic rings. The summed E-state index contributed by atoms with van der Waals surface area (Å²) in [7, 11) is 1.87. The SMILES string of the molecule is Cc1nn(C)cc1CNc1nc(Cl)nc(-n2cncn2)n1. The minimum Gasteiger partial charge on any atom is -0.350 e. The van der Waals surface area contributed by atoms with Gasteiger partial charge in [-0.15, -0.1) is 0 Å². The van der Waals surface area contributed by atoms with E-state index in [1.54, 1.807) is 4.68 Å². The van der Waals surface area contributed by atoms with Crippen molar-refractivity contribution < 1.29 is 0 Å². The quantitative estimate of drug-likeness (QED) is 0.759. The number of hydrogen-bond donors (Lipinski definition) is 1. The molecule has 3 aromatic heterocycles. The Kier molecular flexibility index (Phi) is 3.48. The number of hydrogen-bond acceptors (Lipinski definition) is 7. The highest BCUT2D eigenvalue weighted by molar-refractivity contribution is 6.28. The lowest BCUT2D eigenvalue weighted by Crippen LogP contribution is -2.09. The van der Waals surface area contributed by atoms with Gasteiger partial charge < -0.3 is 5.32 Å². The fourth-order valence-corrected chi connectivity index (χ4v) is 1.98.